The van der Waals surface area contributed by atoms with Crippen molar-refractivity contribution >= 4 is 11.9 Å². The summed E-state index contributed by atoms with van der Waals surface area (Å²) in [6.45, 7) is 4.99. The van der Waals surface area contributed by atoms with Crippen molar-refractivity contribution in [2.45, 2.75) is 33.2 Å². The first-order valence-electron chi connectivity index (χ1n) is 6.19. The Hall–Kier alpha value is -2.04. The zero-order chi connectivity index (χ0) is 14.6. The summed E-state index contributed by atoms with van der Waals surface area (Å²) in [6, 6.07) is 4.49. The second-order valence-corrected chi connectivity index (χ2v) is 4.53. The molecule has 0 bridgehead atoms. The van der Waals surface area contributed by atoms with Gasteiger partial charge in [-0.1, -0.05) is 13.0 Å². The van der Waals surface area contributed by atoms with Crippen LogP contribution in [-0.2, 0) is 4.79 Å². The molecule has 0 radical (unpaired) electrons. The Labute approximate surface area is 112 Å². The van der Waals surface area contributed by atoms with E-state index < -0.39 is 5.97 Å². The fourth-order valence-electron chi connectivity index (χ4n) is 1.80. The summed E-state index contributed by atoms with van der Waals surface area (Å²) in [4.78, 5) is 24.6. The lowest BCUT2D eigenvalue weighted by Gasteiger charge is -2.27. The first-order valence-corrected chi connectivity index (χ1v) is 6.19. The fourth-order valence-corrected chi connectivity index (χ4v) is 1.80. The fraction of sp³-hybridized carbons (Fsp3) is 0.429. The SMILES string of the molecule is CCC(C)N(CC(=O)O)C(=O)c1cccc(O)c1C. The molecule has 0 aliphatic carbocycles. The maximum absolute atomic E-state index is 12.4. The minimum absolute atomic E-state index is 0.0327. The highest BCUT2D eigenvalue weighted by atomic mass is 16.4. The molecule has 104 valence electrons. The second-order valence-electron chi connectivity index (χ2n) is 4.53. The molecule has 0 aromatic heterocycles. The van der Waals surface area contributed by atoms with Crippen LogP contribution in [0.3, 0.4) is 0 Å². The van der Waals surface area contributed by atoms with Gasteiger partial charge in [0.1, 0.15) is 12.3 Å². The molecule has 1 atom stereocenters. The lowest BCUT2D eigenvalue weighted by molar-refractivity contribution is -0.138. The van der Waals surface area contributed by atoms with Crippen LogP contribution in [0.25, 0.3) is 0 Å². The van der Waals surface area contributed by atoms with Gasteiger partial charge in [0.15, 0.2) is 0 Å². The number of hydrogen-bond donors (Lipinski definition) is 2. The number of carbonyl (C=O) groups excluding carboxylic acids is 1. The van der Waals surface area contributed by atoms with Crippen molar-refractivity contribution < 1.29 is 19.8 Å². The Morgan fingerprint density at radius 3 is 2.53 bits per heavy atom. The molecule has 0 heterocycles. The molecule has 0 aliphatic rings. The molecule has 0 saturated carbocycles. The number of rotatable bonds is 5. The maximum atomic E-state index is 12.4. The smallest absolute Gasteiger partial charge is 0.323 e. The molecule has 1 aromatic carbocycles. The number of amides is 1. The van der Waals surface area contributed by atoms with Crippen molar-refractivity contribution in [2.24, 2.45) is 0 Å². The van der Waals surface area contributed by atoms with Crippen LogP contribution >= 0.6 is 0 Å². The topological polar surface area (TPSA) is 77.8 Å². The van der Waals surface area contributed by atoms with Crippen molar-refractivity contribution in [1.29, 1.82) is 0 Å². The first-order chi connectivity index (χ1) is 8.88. The summed E-state index contributed by atoms with van der Waals surface area (Å²) in [7, 11) is 0. The Morgan fingerprint density at radius 2 is 2.00 bits per heavy atom. The normalized spacial score (nSPS) is 11.9. The average molecular weight is 265 g/mol. The van der Waals surface area contributed by atoms with Crippen LogP contribution in [0.1, 0.15) is 36.2 Å². The number of carbonyl (C=O) groups is 2. The number of phenols is 1. The number of nitrogens with zero attached hydrogens (tertiary/aromatic N) is 1. The number of benzene rings is 1. The summed E-state index contributed by atoms with van der Waals surface area (Å²) in [6.07, 6.45) is 0.664. The van der Waals surface area contributed by atoms with Crippen LogP contribution in [0.4, 0.5) is 0 Å². The van der Waals surface area contributed by atoms with Gasteiger partial charge in [-0.05, 0) is 32.4 Å². The number of aromatic hydroxyl groups is 1. The Balaban J connectivity index is 3.11. The van der Waals surface area contributed by atoms with Gasteiger partial charge in [0.25, 0.3) is 5.91 Å². The molecule has 1 aromatic rings. The summed E-state index contributed by atoms with van der Waals surface area (Å²) in [5, 5.41) is 18.5. The van der Waals surface area contributed by atoms with Gasteiger partial charge in [-0.2, -0.15) is 0 Å². The number of aliphatic carboxylic acids is 1. The van der Waals surface area contributed by atoms with E-state index in [4.69, 9.17) is 5.11 Å². The van der Waals surface area contributed by atoms with E-state index >= 15 is 0 Å². The Kier molecular flexibility index (Phi) is 4.92. The van der Waals surface area contributed by atoms with Crippen LogP contribution in [0.5, 0.6) is 5.75 Å². The third-order valence-corrected chi connectivity index (χ3v) is 3.22. The summed E-state index contributed by atoms with van der Waals surface area (Å²) in [5.41, 5.74) is 0.799. The van der Waals surface area contributed by atoms with Crippen molar-refractivity contribution in [3.63, 3.8) is 0 Å². The van der Waals surface area contributed by atoms with Crippen LogP contribution in [0, 0.1) is 6.92 Å². The Bertz CT molecular complexity index is 484. The lowest BCUT2D eigenvalue weighted by atomic mass is 10.1. The molecular weight excluding hydrogens is 246 g/mol. The van der Waals surface area contributed by atoms with Crippen molar-refractivity contribution in [1.82, 2.24) is 4.90 Å². The second kappa shape index (κ2) is 6.22. The molecule has 5 heteroatoms. The summed E-state index contributed by atoms with van der Waals surface area (Å²) < 4.78 is 0. The largest absolute Gasteiger partial charge is 0.508 e. The van der Waals surface area contributed by atoms with E-state index in [9.17, 15) is 14.7 Å². The lowest BCUT2D eigenvalue weighted by Crippen LogP contribution is -2.42. The number of carboxylic acids is 1. The number of carboxylic acid groups (broad SMARTS) is 1. The molecular formula is C14H19NO4. The van der Waals surface area contributed by atoms with Crippen LogP contribution in [0.15, 0.2) is 18.2 Å². The highest BCUT2D eigenvalue weighted by Gasteiger charge is 2.24. The summed E-state index contributed by atoms with van der Waals surface area (Å²) >= 11 is 0. The Morgan fingerprint density at radius 1 is 1.37 bits per heavy atom. The third kappa shape index (κ3) is 3.47. The van der Waals surface area contributed by atoms with Crippen LogP contribution in [-0.4, -0.2) is 39.6 Å². The first kappa shape index (κ1) is 15.0. The molecule has 1 rings (SSSR count). The highest BCUT2D eigenvalue weighted by Crippen LogP contribution is 2.22. The van der Waals surface area contributed by atoms with Gasteiger partial charge in [-0.15, -0.1) is 0 Å². The number of phenolic OH excluding ortho intramolecular Hbond substituents is 1. The minimum Gasteiger partial charge on any atom is -0.508 e. The van der Waals surface area contributed by atoms with E-state index in [2.05, 4.69) is 0 Å². The molecule has 0 fully saturated rings. The molecule has 19 heavy (non-hydrogen) atoms. The van der Waals surface area contributed by atoms with E-state index in [0.717, 1.165) is 0 Å². The molecule has 0 aliphatic heterocycles. The quantitative estimate of drug-likeness (QED) is 0.853. The predicted molar refractivity (Wildman–Crippen MR) is 71.3 cm³/mol. The molecule has 0 spiro atoms. The summed E-state index contributed by atoms with van der Waals surface area (Å²) in [5.74, 6) is -1.39. The standard InChI is InChI=1S/C14H19NO4/c1-4-9(2)15(8-13(17)18)14(19)11-6-5-7-12(16)10(11)3/h5-7,9,16H,4,8H2,1-3H3,(H,17,18). The molecule has 5 nitrogen and oxygen atoms in total. The van der Waals surface area contributed by atoms with E-state index in [1.54, 1.807) is 26.0 Å². The van der Waals surface area contributed by atoms with E-state index in [1.807, 2.05) is 6.92 Å². The van der Waals surface area contributed by atoms with Gasteiger partial charge in [-0.3, -0.25) is 9.59 Å². The maximum Gasteiger partial charge on any atom is 0.323 e. The van der Waals surface area contributed by atoms with Gasteiger partial charge < -0.3 is 15.1 Å². The minimum atomic E-state index is -1.05. The van der Waals surface area contributed by atoms with Gasteiger partial charge in [0.2, 0.25) is 0 Å². The van der Waals surface area contributed by atoms with Crippen LogP contribution < -0.4 is 0 Å². The van der Waals surface area contributed by atoms with Gasteiger partial charge in [0, 0.05) is 17.2 Å². The van der Waals surface area contributed by atoms with E-state index in [0.29, 0.717) is 17.5 Å². The molecule has 1 amide bonds. The molecule has 2 N–H and O–H groups in total. The average Bonchev–Trinajstić information content (AvgIpc) is 2.37. The van der Waals surface area contributed by atoms with Gasteiger partial charge in [0.05, 0.1) is 0 Å². The third-order valence-electron chi connectivity index (χ3n) is 3.22. The van der Waals surface area contributed by atoms with E-state index in [1.165, 1.54) is 11.0 Å². The highest BCUT2D eigenvalue weighted by molar-refractivity contribution is 5.97. The zero-order valence-corrected chi connectivity index (χ0v) is 11.4. The molecule has 1 unspecified atom stereocenters. The number of hydrogen-bond acceptors (Lipinski definition) is 3. The van der Waals surface area contributed by atoms with Gasteiger partial charge in [-0.25, -0.2) is 0 Å². The predicted octanol–water partition coefficient (Wildman–Crippen LogP) is 2.03. The van der Waals surface area contributed by atoms with Crippen molar-refractivity contribution in [3.8, 4) is 5.75 Å². The zero-order valence-electron chi connectivity index (χ0n) is 11.4. The van der Waals surface area contributed by atoms with Gasteiger partial charge >= 0.3 is 5.97 Å². The van der Waals surface area contributed by atoms with Crippen molar-refractivity contribution in [2.75, 3.05) is 6.54 Å². The molecule has 0 saturated heterocycles. The monoisotopic (exact) mass is 265 g/mol. The van der Waals surface area contributed by atoms with Crippen LogP contribution in [0.2, 0.25) is 0 Å². The van der Waals surface area contributed by atoms with Crippen molar-refractivity contribution in [3.05, 3.63) is 29.3 Å². The van der Waals surface area contributed by atoms with E-state index in [-0.39, 0.29) is 24.2 Å².